The normalized spacial score (nSPS) is 12.5. The van der Waals surface area contributed by atoms with Gasteiger partial charge in [-0.05, 0) is 19.2 Å². The van der Waals surface area contributed by atoms with Gasteiger partial charge in [0.05, 0.1) is 0 Å². The Hall–Kier alpha value is -1.38. The minimum absolute atomic E-state index is 0.757. The summed E-state index contributed by atoms with van der Waals surface area (Å²) in [5.41, 5.74) is 0.979. The molecule has 0 heterocycles. The van der Waals surface area contributed by atoms with Gasteiger partial charge in [-0.25, -0.2) is 4.99 Å². The first-order valence-electron chi connectivity index (χ1n) is 3.25. The summed E-state index contributed by atoms with van der Waals surface area (Å²) in [7, 11) is 1.79. The number of nitrogens with zero attached hydrogens (tertiary/aromatic N) is 2. The van der Waals surface area contributed by atoms with E-state index in [9.17, 15) is 0 Å². The molecule has 0 fully saturated rings. The molecule has 0 radical (unpaired) electrons. The lowest BCUT2D eigenvalue weighted by Crippen LogP contribution is -2.05. The zero-order valence-electron chi connectivity index (χ0n) is 6.96. The molecule has 0 atom stereocenters. The fourth-order valence-electron chi connectivity index (χ4n) is 0.559. The quantitative estimate of drug-likeness (QED) is 0.367. The van der Waals surface area contributed by atoms with E-state index in [1.165, 1.54) is 6.34 Å². The van der Waals surface area contributed by atoms with Crippen LogP contribution < -0.4 is 5.32 Å². The van der Waals surface area contributed by atoms with Crippen molar-refractivity contribution in [2.75, 3.05) is 7.05 Å². The Bertz CT molecular complexity index is 201. The predicted octanol–water partition coefficient (Wildman–Crippen LogP) is 1.35. The molecule has 60 valence electrons. The maximum absolute atomic E-state index is 3.97. The maximum Gasteiger partial charge on any atom is 0.130 e. The Morgan fingerprint density at radius 2 is 2.18 bits per heavy atom. The standard InChI is InChI=1S/C8H13N3/c1-5-7(2)8(10-4)11-6-9-3/h5-6,10H,1,3H2,2,4H3/b8-7+,11-6-. The van der Waals surface area contributed by atoms with Crippen LogP contribution >= 0.6 is 0 Å². The molecule has 0 aromatic carbocycles. The lowest BCUT2D eigenvalue weighted by atomic mass is 10.3. The first kappa shape index (κ1) is 9.62. The summed E-state index contributed by atoms with van der Waals surface area (Å²) >= 11 is 0. The minimum Gasteiger partial charge on any atom is -0.373 e. The maximum atomic E-state index is 3.97. The Morgan fingerprint density at radius 1 is 1.55 bits per heavy atom. The van der Waals surface area contributed by atoms with Crippen molar-refractivity contribution in [1.29, 1.82) is 0 Å². The molecule has 11 heavy (non-hydrogen) atoms. The highest BCUT2D eigenvalue weighted by Crippen LogP contribution is 2.01. The topological polar surface area (TPSA) is 36.8 Å². The summed E-state index contributed by atoms with van der Waals surface area (Å²) in [6.45, 7) is 8.81. The van der Waals surface area contributed by atoms with Gasteiger partial charge in [-0.2, -0.15) is 0 Å². The van der Waals surface area contributed by atoms with Crippen molar-refractivity contribution >= 4 is 13.1 Å². The summed E-state index contributed by atoms with van der Waals surface area (Å²) < 4.78 is 0. The van der Waals surface area contributed by atoms with Gasteiger partial charge in [-0.3, -0.25) is 4.99 Å². The van der Waals surface area contributed by atoms with Crippen LogP contribution in [0.4, 0.5) is 0 Å². The summed E-state index contributed by atoms with van der Waals surface area (Å²) in [4.78, 5) is 7.46. The first-order chi connectivity index (χ1) is 5.26. The van der Waals surface area contributed by atoms with Crippen LogP contribution in [0.3, 0.4) is 0 Å². The van der Waals surface area contributed by atoms with E-state index in [0.717, 1.165) is 11.4 Å². The summed E-state index contributed by atoms with van der Waals surface area (Å²) in [5, 5.41) is 2.91. The van der Waals surface area contributed by atoms with E-state index in [-0.39, 0.29) is 0 Å². The number of allylic oxidation sites excluding steroid dienone is 2. The zero-order valence-corrected chi connectivity index (χ0v) is 6.96. The van der Waals surface area contributed by atoms with Gasteiger partial charge in [-0.15, -0.1) is 0 Å². The van der Waals surface area contributed by atoms with Gasteiger partial charge in [-0.1, -0.05) is 12.7 Å². The molecule has 0 aromatic rings. The number of hydrogen-bond acceptors (Lipinski definition) is 2. The molecular weight excluding hydrogens is 138 g/mol. The average molecular weight is 151 g/mol. The number of aliphatic imine (C=N–C) groups is 2. The van der Waals surface area contributed by atoms with E-state index in [4.69, 9.17) is 0 Å². The lowest BCUT2D eigenvalue weighted by molar-refractivity contribution is 0.947. The molecule has 0 aromatic heterocycles. The third kappa shape index (κ3) is 3.35. The van der Waals surface area contributed by atoms with Crippen LogP contribution in [0.2, 0.25) is 0 Å². The number of nitrogens with one attached hydrogen (secondary N) is 1. The molecule has 3 heteroatoms. The molecule has 0 saturated carbocycles. The Morgan fingerprint density at radius 3 is 2.55 bits per heavy atom. The van der Waals surface area contributed by atoms with Gasteiger partial charge >= 0.3 is 0 Å². The third-order valence-corrected chi connectivity index (χ3v) is 1.18. The number of rotatable bonds is 4. The van der Waals surface area contributed by atoms with Crippen molar-refractivity contribution in [3.8, 4) is 0 Å². The first-order valence-corrected chi connectivity index (χ1v) is 3.25. The van der Waals surface area contributed by atoms with Crippen LogP contribution in [0.15, 0.2) is 34.0 Å². The van der Waals surface area contributed by atoms with E-state index in [1.54, 1.807) is 13.1 Å². The van der Waals surface area contributed by atoms with Crippen molar-refractivity contribution in [2.24, 2.45) is 9.98 Å². The molecule has 0 aliphatic rings. The predicted molar refractivity (Wildman–Crippen MR) is 50.0 cm³/mol. The minimum atomic E-state index is 0.757. The van der Waals surface area contributed by atoms with Gasteiger partial charge in [0.25, 0.3) is 0 Å². The summed E-state index contributed by atoms with van der Waals surface area (Å²) in [6.07, 6.45) is 3.12. The smallest absolute Gasteiger partial charge is 0.130 e. The van der Waals surface area contributed by atoms with Crippen molar-refractivity contribution in [3.63, 3.8) is 0 Å². The van der Waals surface area contributed by atoms with E-state index in [1.807, 2.05) is 6.92 Å². The van der Waals surface area contributed by atoms with Crippen LogP contribution in [0.1, 0.15) is 6.92 Å². The molecule has 0 aliphatic carbocycles. The van der Waals surface area contributed by atoms with Crippen molar-refractivity contribution < 1.29 is 0 Å². The molecule has 0 saturated heterocycles. The van der Waals surface area contributed by atoms with Gasteiger partial charge in [0, 0.05) is 7.05 Å². The monoisotopic (exact) mass is 151 g/mol. The van der Waals surface area contributed by atoms with Gasteiger partial charge < -0.3 is 5.32 Å². The second kappa shape index (κ2) is 5.41. The highest BCUT2D eigenvalue weighted by Gasteiger charge is 1.91. The SMILES string of the molecule is C=C/C(C)=C(/N=C\N=C)NC. The van der Waals surface area contributed by atoms with E-state index in [2.05, 4.69) is 28.6 Å². The van der Waals surface area contributed by atoms with E-state index >= 15 is 0 Å². The Balaban J connectivity index is 4.50. The van der Waals surface area contributed by atoms with Gasteiger partial charge in [0.2, 0.25) is 0 Å². The van der Waals surface area contributed by atoms with Crippen LogP contribution in [0.5, 0.6) is 0 Å². The zero-order chi connectivity index (χ0) is 8.69. The fraction of sp³-hybridized carbons (Fsp3) is 0.250. The van der Waals surface area contributed by atoms with Crippen LogP contribution in [0, 0.1) is 0 Å². The highest BCUT2D eigenvalue weighted by molar-refractivity contribution is 5.63. The fourth-order valence-corrected chi connectivity index (χ4v) is 0.559. The molecule has 0 aliphatic heterocycles. The summed E-state index contributed by atoms with van der Waals surface area (Å²) in [5.74, 6) is 0.757. The molecule has 3 nitrogen and oxygen atoms in total. The van der Waals surface area contributed by atoms with Gasteiger partial charge in [0.15, 0.2) is 0 Å². The van der Waals surface area contributed by atoms with Crippen LogP contribution in [0.25, 0.3) is 0 Å². The second-order valence-electron chi connectivity index (χ2n) is 1.91. The highest BCUT2D eigenvalue weighted by atomic mass is 15.0. The van der Waals surface area contributed by atoms with Crippen molar-refractivity contribution in [3.05, 3.63) is 24.0 Å². The third-order valence-electron chi connectivity index (χ3n) is 1.18. The molecule has 0 rings (SSSR count). The Kier molecular flexibility index (Phi) is 4.73. The van der Waals surface area contributed by atoms with E-state index < -0.39 is 0 Å². The molecule has 0 amide bonds. The summed E-state index contributed by atoms with van der Waals surface area (Å²) in [6, 6.07) is 0. The van der Waals surface area contributed by atoms with Crippen molar-refractivity contribution in [1.82, 2.24) is 5.32 Å². The molecule has 0 unspecified atom stereocenters. The Labute approximate surface area is 67.3 Å². The molecule has 0 spiro atoms. The van der Waals surface area contributed by atoms with Crippen LogP contribution in [-0.4, -0.2) is 20.1 Å². The van der Waals surface area contributed by atoms with Crippen LogP contribution in [-0.2, 0) is 0 Å². The average Bonchev–Trinajstić information content (AvgIpc) is 2.05. The molecule has 0 bridgehead atoms. The largest absolute Gasteiger partial charge is 0.373 e. The molecular formula is C8H13N3. The van der Waals surface area contributed by atoms with Crippen molar-refractivity contribution in [2.45, 2.75) is 6.92 Å². The molecule has 1 N–H and O–H groups in total. The van der Waals surface area contributed by atoms with E-state index in [0.29, 0.717) is 0 Å². The number of hydrogen-bond donors (Lipinski definition) is 1. The van der Waals surface area contributed by atoms with Gasteiger partial charge in [0.1, 0.15) is 12.2 Å². The second-order valence-corrected chi connectivity index (χ2v) is 1.91. The lowest BCUT2D eigenvalue weighted by Gasteiger charge is -2.00.